The quantitative estimate of drug-likeness (QED) is 0.780. The van der Waals surface area contributed by atoms with Crippen LogP contribution in [0.4, 0.5) is 0 Å². The topological polar surface area (TPSA) is 33.1 Å². The Morgan fingerprint density at radius 2 is 2.21 bits per heavy atom. The number of nitrogens with zero attached hydrogens (tertiary/aromatic N) is 1. The van der Waals surface area contributed by atoms with Gasteiger partial charge in [-0.25, -0.2) is 0 Å². The molecule has 0 aliphatic carbocycles. The molecule has 14 heavy (non-hydrogen) atoms. The first-order valence-corrected chi connectivity index (χ1v) is 4.77. The molecule has 2 aromatic rings. The van der Waals surface area contributed by atoms with Crippen LogP contribution >= 0.6 is 11.6 Å². The molecule has 0 fully saturated rings. The molecule has 3 heteroatoms. The minimum atomic E-state index is -0.515. The summed E-state index contributed by atoms with van der Waals surface area (Å²) in [6.45, 7) is 1.73. The maximum atomic E-state index is 9.57. The summed E-state index contributed by atoms with van der Waals surface area (Å²) in [5, 5.41) is 12.1. The van der Waals surface area contributed by atoms with Gasteiger partial charge in [-0.05, 0) is 36.1 Å². The van der Waals surface area contributed by atoms with Crippen molar-refractivity contribution >= 4 is 22.4 Å². The first-order chi connectivity index (χ1) is 6.68. The SMILES string of the molecule is CC(O)c1cc(Cl)cc2cnccc12. The molecule has 0 spiro atoms. The molecule has 0 aliphatic heterocycles. The van der Waals surface area contributed by atoms with Crippen LogP contribution in [-0.4, -0.2) is 10.1 Å². The number of halogens is 1. The van der Waals surface area contributed by atoms with Crippen molar-refractivity contribution in [2.75, 3.05) is 0 Å². The number of hydrogen-bond acceptors (Lipinski definition) is 2. The highest BCUT2D eigenvalue weighted by molar-refractivity contribution is 6.31. The van der Waals surface area contributed by atoms with E-state index in [1.165, 1.54) is 0 Å². The molecule has 0 bridgehead atoms. The third-order valence-electron chi connectivity index (χ3n) is 2.20. The van der Waals surface area contributed by atoms with Crippen molar-refractivity contribution in [3.8, 4) is 0 Å². The summed E-state index contributed by atoms with van der Waals surface area (Å²) in [7, 11) is 0. The standard InChI is InChI=1S/C11H10ClNO/c1-7(14)11-5-9(12)4-8-6-13-3-2-10(8)11/h2-7,14H,1H3. The summed E-state index contributed by atoms with van der Waals surface area (Å²) >= 11 is 5.93. The molecular weight excluding hydrogens is 198 g/mol. The first-order valence-electron chi connectivity index (χ1n) is 4.39. The molecule has 0 radical (unpaired) electrons. The number of pyridine rings is 1. The van der Waals surface area contributed by atoms with Crippen molar-refractivity contribution in [1.29, 1.82) is 0 Å². The summed E-state index contributed by atoms with van der Waals surface area (Å²) in [6, 6.07) is 5.51. The van der Waals surface area contributed by atoms with E-state index in [9.17, 15) is 5.11 Å². The van der Waals surface area contributed by atoms with E-state index in [4.69, 9.17) is 11.6 Å². The first kappa shape index (κ1) is 9.44. The zero-order valence-electron chi connectivity index (χ0n) is 7.74. The predicted octanol–water partition coefficient (Wildman–Crippen LogP) is 2.94. The van der Waals surface area contributed by atoms with E-state index in [0.717, 1.165) is 16.3 Å². The Morgan fingerprint density at radius 3 is 2.93 bits per heavy atom. The van der Waals surface area contributed by atoms with Gasteiger partial charge in [0.2, 0.25) is 0 Å². The molecule has 1 unspecified atom stereocenters. The van der Waals surface area contributed by atoms with Crippen LogP contribution in [0.1, 0.15) is 18.6 Å². The Hall–Kier alpha value is -1.12. The summed E-state index contributed by atoms with van der Waals surface area (Å²) in [5.74, 6) is 0. The van der Waals surface area contributed by atoms with E-state index in [1.54, 1.807) is 25.4 Å². The van der Waals surface area contributed by atoms with E-state index in [2.05, 4.69) is 4.98 Å². The maximum Gasteiger partial charge on any atom is 0.0768 e. The fraction of sp³-hybridized carbons (Fsp3) is 0.182. The van der Waals surface area contributed by atoms with Crippen LogP contribution in [0.3, 0.4) is 0 Å². The molecule has 0 amide bonds. The van der Waals surface area contributed by atoms with Crippen molar-refractivity contribution in [2.24, 2.45) is 0 Å². The van der Waals surface area contributed by atoms with Crippen LogP contribution in [0.25, 0.3) is 10.8 Å². The third-order valence-corrected chi connectivity index (χ3v) is 2.42. The Balaban J connectivity index is 2.80. The van der Waals surface area contributed by atoms with Crippen molar-refractivity contribution in [2.45, 2.75) is 13.0 Å². The van der Waals surface area contributed by atoms with Gasteiger partial charge < -0.3 is 5.11 Å². The van der Waals surface area contributed by atoms with Gasteiger partial charge in [-0.3, -0.25) is 4.98 Å². The molecule has 1 atom stereocenters. The number of rotatable bonds is 1. The van der Waals surface area contributed by atoms with Gasteiger partial charge in [0.1, 0.15) is 0 Å². The lowest BCUT2D eigenvalue weighted by Gasteiger charge is -2.09. The zero-order chi connectivity index (χ0) is 10.1. The molecule has 2 rings (SSSR count). The van der Waals surface area contributed by atoms with Gasteiger partial charge >= 0.3 is 0 Å². The van der Waals surface area contributed by atoms with E-state index in [1.807, 2.05) is 12.1 Å². The Morgan fingerprint density at radius 1 is 1.43 bits per heavy atom. The molecule has 2 nitrogen and oxygen atoms in total. The Kier molecular flexibility index (Phi) is 2.40. The van der Waals surface area contributed by atoms with E-state index >= 15 is 0 Å². The lowest BCUT2D eigenvalue weighted by Crippen LogP contribution is -1.93. The van der Waals surface area contributed by atoms with Crippen LogP contribution in [-0.2, 0) is 0 Å². The fourth-order valence-corrected chi connectivity index (χ4v) is 1.78. The van der Waals surface area contributed by atoms with Gasteiger partial charge in [0.25, 0.3) is 0 Å². The summed E-state index contributed by atoms with van der Waals surface area (Å²) in [5.41, 5.74) is 0.843. The fourth-order valence-electron chi connectivity index (χ4n) is 1.55. The smallest absolute Gasteiger partial charge is 0.0768 e. The molecule has 1 aromatic heterocycles. The number of aliphatic hydroxyl groups is 1. The van der Waals surface area contributed by atoms with Gasteiger partial charge in [0, 0.05) is 22.8 Å². The molecule has 0 saturated carbocycles. The van der Waals surface area contributed by atoms with Gasteiger partial charge in [0.05, 0.1) is 6.10 Å². The highest BCUT2D eigenvalue weighted by Crippen LogP contribution is 2.27. The van der Waals surface area contributed by atoms with Crippen LogP contribution < -0.4 is 0 Å². The third kappa shape index (κ3) is 1.59. The summed E-state index contributed by atoms with van der Waals surface area (Å²) < 4.78 is 0. The van der Waals surface area contributed by atoms with Gasteiger partial charge in [-0.15, -0.1) is 0 Å². The average Bonchev–Trinajstić information content (AvgIpc) is 2.16. The number of hydrogen-bond donors (Lipinski definition) is 1. The number of fused-ring (bicyclic) bond motifs is 1. The van der Waals surface area contributed by atoms with Crippen LogP contribution in [0, 0.1) is 0 Å². The van der Waals surface area contributed by atoms with E-state index in [-0.39, 0.29) is 0 Å². The van der Waals surface area contributed by atoms with Gasteiger partial charge in [-0.2, -0.15) is 0 Å². The maximum absolute atomic E-state index is 9.57. The molecular formula is C11H10ClNO. The Labute approximate surface area is 87.2 Å². The van der Waals surface area contributed by atoms with Crippen molar-refractivity contribution in [3.63, 3.8) is 0 Å². The molecule has 1 N–H and O–H groups in total. The number of benzene rings is 1. The number of aliphatic hydroxyl groups excluding tert-OH is 1. The van der Waals surface area contributed by atoms with Gasteiger partial charge in [0.15, 0.2) is 0 Å². The van der Waals surface area contributed by atoms with Crippen molar-refractivity contribution in [3.05, 3.63) is 41.2 Å². The second-order valence-corrected chi connectivity index (χ2v) is 3.70. The molecule has 0 saturated heterocycles. The largest absolute Gasteiger partial charge is 0.389 e. The zero-order valence-corrected chi connectivity index (χ0v) is 8.49. The van der Waals surface area contributed by atoms with E-state index < -0.39 is 6.10 Å². The minimum Gasteiger partial charge on any atom is -0.389 e. The highest BCUT2D eigenvalue weighted by Gasteiger charge is 2.07. The van der Waals surface area contributed by atoms with Crippen LogP contribution in [0.5, 0.6) is 0 Å². The number of aromatic nitrogens is 1. The van der Waals surface area contributed by atoms with Crippen molar-refractivity contribution < 1.29 is 5.11 Å². The monoisotopic (exact) mass is 207 g/mol. The molecule has 0 aliphatic rings. The predicted molar refractivity (Wildman–Crippen MR) is 57.4 cm³/mol. The molecule has 1 heterocycles. The minimum absolute atomic E-state index is 0.515. The van der Waals surface area contributed by atoms with Crippen molar-refractivity contribution in [1.82, 2.24) is 4.98 Å². The second-order valence-electron chi connectivity index (χ2n) is 3.27. The average molecular weight is 208 g/mol. The Bertz CT molecular complexity index is 468. The lowest BCUT2D eigenvalue weighted by molar-refractivity contribution is 0.201. The summed E-state index contributed by atoms with van der Waals surface area (Å²) in [6.07, 6.45) is 2.94. The second kappa shape index (κ2) is 3.56. The van der Waals surface area contributed by atoms with Crippen LogP contribution in [0.2, 0.25) is 5.02 Å². The highest BCUT2D eigenvalue weighted by atomic mass is 35.5. The van der Waals surface area contributed by atoms with E-state index in [0.29, 0.717) is 5.02 Å². The van der Waals surface area contributed by atoms with Gasteiger partial charge in [-0.1, -0.05) is 11.6 Å². The summed E-state index contributed by atoms with van der Waals surface area (Å²) in [4.78, 5) is 4.01. The normalized spacial score (nSPS) is 13.1. The lowest BCUT2D eigenvalue weighted by atomic mass is 10.0. The van der Waals surface area contributed by atoms with Crippen LogP contribution in [0.15, 0.2) is 30.6 Å². The molecule has 1 aromatic carbocycles. The molecule has 72 valence electrons.